The smallest absolute Gasteiger partial charge is 0.241 e. The molecule has 0 bridgehead atoms. The van der Waals surface area contributed by atoms with Crippen LogP contribution >= 0.6 is 23.2 Å². The van der Waals surface area contributed by atoms with Crippen molar-refractivity contribution in [1.29, 1.82) is 0 Å². The Bertz CT molecular complexity index is 1230. The fourth-order valence-electron chi connectivity index (χ4n) is 3.54. The zero-order chi connectivity index (χ0) is 22.7. The van der Waals surface area contributed by atoms with Crippen LogP contribution in [0.25, 0.3) is 0 Å². The zero-order valence-electron chi connectivity index (χ0n) is 17.1. The molecule has 0 saturated carbocycles. The molecule has 6 nitrogen and oxygen atoms in total. The van der Waals surface area contributed by atoms with Crippen LogP contribution in [0, 0.1) is 0 Å². The minimum Gasteiger partial charge on any atom is -0.497 e. The predicted octanol–water partition coefficient (Wildman–Crippen LogP) is 5.11. The molecule has 0 radical (unpaired) electrons. The lowest BCUT2D eigenvalue weighted by atomic mass is 9.96. The average Bonchev–Trinajstić information content (AvgIpc) is 3.29. The van der Waals surface area contributed by atoms with E-state index in [2.05, 4.69) is 15.2 Å². The number of sulfonamides is 1. The molecule has 0 spiro atoms. The first-order chi connectivity index (χ1) is 15.4. The third-order valence-electron chi connectivity index (χ3n) is 5.23. The van der Waals surface area contributed by atoms with E-state index in [1.54, 1.807) is 43.5 Å². The largest absolute Gasteiger partial charge is 0.497 e. The monoisotopic (exact) mass is 489 g/mol. The van der Waals surface area contributed by atoms with Crippen molar-refractivity contribution in [2.75, 3.05) is 7.11 Å². The Morgan fingerprint density at radius 1 is 1.06 bits per heavy atom. The van der Waals surface area contributed by atoms with Gasteiger partial charge >= 0.3 is 0 Å². The molecule has 4 rings (SSSR count). The highest BCUT2D eigenvalue weighted by Gasteiger charge is 2.32. The van der Waals surface area contributed by atoms with Gasteiger partial charge in [0, 0.05) is 16.5 Å². The van der Waals surface area contributed by atoms with E-state index in [1.807, 2.05) is 24.3 Å². The van der Waals surface area contributed by atoms with Crippen LogP contribution in [-0.2, 0) is 10.0 Å². The second-order valence-electron chi connectivity index (χ2n) is 7.30. The van der Waals surface area contributed by atoms with Crippen LogP contribution in [0.4, 0.5) is 0 Å². The summed E-state index contributed by atoms with van der Waals surface area (Å²) in [5, 5.41) is 5.29. The summed E-state index contributed by atoms with van der Waals surface area (Å²) in [6, 6.07) is 20.0. The number of hydrogen-bond donors (Lipinski definition) is 2. The van der Waals surface area contributed by atoms with Crippen molar-refractivity contribution in [1.82, 2.24) is 10.1 Å². The van der Waals surface area contributed by atoms with E-state index in [1.165, 1.54) is 12.1 Å². The molecule has 2 N–H and O–H groups in total. The van der Waals surface area contributed by atoms with Crippen LogP contribution in [0.15, 0.2) is 82.8 Å². The summed E-state index contributed by atoms with van der Waals surface area (Å²) in [7, 11) is -2.22. The molecule has 1 aliphatic heterocycles. The molecule has 2 unspecified atom stereocenters. The van der Waals surface area contributed by atoms with E-state index >= 15 is 0 Å². The minimum absolute atomic E-state index is 0.106. The highest BCUT2D eigenvalue weighted by Crippen LogP contribution is 2.33. The van der Waals surface area contributed by atoms with Crippen LogP contribution in [0.1, 0.15) is 29.6 Å². The van der Waals surface area contributed by atoms with Gasteiger partial charge in [-0.3, -0.25) is 0 Å². The SMILES string of the molecule is COc1ccc(C2CC(C(NS(=O)(=O)c3ccccc3)c3ccc(Cl)cc3Cl)=NN2)cc1. The van der Waals surface area contributed by atoms with Crippen molar-refractivity contribution in [2.24, 2.45) is 5.10 Å². The molecular formula is C23H21Cl2N3O3S. The first-order valence-corrected chi connectivity index (χ1v) is 12.1. The quantitative estimate of drug-likeness (QED) is 0.482. The predicted molar refractivity (Wildman–Crippen MR) is 127 cm³/mol. The molecule has 3 aromatic carbocycles. The normalized spacial score (nSPS) is 16.8. The van der Waals surface area contributed by atoms with E-state index in [0.717, 1.165) is 11.3 Å². The Morgan fingerprint density at radius 3 is 2.44 bits per heavy atom. The number of rotatable bonds is 7. The Morgan fingerprint density at radius 2 is 1.78 bits per heavy atom. The molecule has 0 fully saturated rings. The Kier molecular flexibility index (Phi) is 6.71. The number of methoxy groups -OCH3 is 1. The Balaban J connectivity index is 1.65. The maximum Gasteiger partial charge on any atom is 0.241 e. The molecule has 0 aromatic heterocycles. The van der Waals surface area contributed by atoms with E-state index in [-0.39, 0.29) is 10.9 Å². The third-order valence-corrected chi connectivity index (χ3v) is 7.23. The van der Waals surface area contributed by atoms with E-state index in [0.29, 0.717) is 27.7 Å². The number of nitrogens with zero attached hydrogens (tertiary/aromatic N) is 1. The molecule has 0 amide bonds. The summed E-state index contributed by atoms with van der Waals surface area (Å²) in [6.07, 6.45) is 0.493. The molecule has 3 aromatic rings. The standard InChI is InChI=1S/C23H21Cl2N3O3S/c1-31-17-10-7-15(8-11-17)21-14-22(27-26-21)23(19-12-9-16(24)13-20(19)25)28-32(29,30)18-5-3-2-4-6-18/h2-13,21,23,26,28H,14H2,1H3. The summed E-state index contributed by atoms with van der Waals surface area (Å²) < 4.78 is 34.2. The fraction of sp³-hybridized carbons (Fsp3) is 0.174. The summed E-state index contributed by atoms with van der Waals surface area (Å²) in [4.78, 5) is 0.161. The van der Waals surface area contributed by atoms with Gasteiger partial charge in [0.2, 0.25) is 10.0 Å². The number of halogens is 2. The van der Waals surface area contributed by atoms with Gasteiger partial charge in [-0.2, -0.15) is 9.82 Å². The summed E-state index contributed by atoms with van der Waals surface area (Å²) >= 11 is 12.5. The van der Waals surface area contributed by atoms with Crippen LogP contribution in [-0.4, -0.2) is 21.2 Å². The van der Waals surface area contributed by atoms with Crippen molar-refractivity contribution in [3.05, 3.63) is 94.0 Å². The molecule has 0 saturated heterocycles. The van der Waals surface area contributed by atoms with Gasteiger partial charge < -0.3 is 10.2 Å². The van der Waals surface area contributed by atoms with E-state index in [4.69, 9.17) is 27.9 Å². The number of benzene rings is 3. The van der Waals surface area contributed by atoms with Crippen LogP contribution < -0.4 is 14.9 Å². The van der Waals surface area contributed by atoms with Crippen molar-refractivity contribution >= 4 is 38.9 Å². The van der Waals surface area contributed by atoms with Gasteiger partial charge in [-0.05, 0) is 47.5 Å². The third kappa shape index (κ3) is 4.91. The number of hydrazone groups is 1. The van der Waals surface area contributed by atoms with Crippen LogP contribution in [0.5, 0.6) is 5.75 Å². The maximum atomic E-state index is 13.1. The highest BCUT2D eigenvalue weighted by molar-refractivity contribution is 7.89. The summed E-state index contributed by atoms with van der Waals surface area (Å²) in [5.74, 6) is 0.759. The number of hydrogen-bond acceptors (Lipinski definition) is 5. The Labute approximate surface area is 197 Å². The lowest BCUT2D eigenvalue weighted by Crippen LogP contribution is -2.33. The number of nitrogens with one attached hydrogen (secondary N) is 2. The molecule has 2 atom stereocenters. The maximum absolute atomic E-state index is 13.1. The molecule has 1 heterocycles. The Hall–Kier alpha value is -2.58. The average molecular weight is 490 g/mol. The molecule has 0 aliphatic carbocycles. The van der Waals surface area contributed by atoms with E-state index in [9.17, 15) is 8.42 Å². The van der Waals surface area contributed by atoms with Crippen molar-refractivity contribution in [3.63, 3.8) is 0 Å². The van der Waals surface area contributed by atoms with Gasteiger partial charge in [0.05, 0.1) is 29.8 Å². The fourth-order valence-corrected chi connectivity index (χ4v) is 5.28. The molecule has 166 valence electrons. The van der Waals surface area contributed by atoms with Crippen LogP contribution in [0.2, 0.25) is 10.0 Å². The summed E-state index contributed by atoms with van der Waals surface area (Å²) in [5.41, 5.74) is 5.32. The topological polar surface area (TPSA) is 79.8 Å². The second-order valence-corrected chi connectivity index (χ2v) is 9.85. The first-order valence-electron chi connectivity index (χ1n) is 9.85. The van der Waals surface area contributed by atoms with Gasteiger partial charge in [0.15, 0.2) is 0 Å². The molecular weight excluding hydrogens is 469 g/mol. The van der Waals surface area contributed by atoms with Gasteiger partial charge in [-0.25, -0.2) is 8.42 Å². The zero-order valence-corrected chi connectivity index (χ0v) is 19.5. The molecule has 1 aliphatic rings. The molecule has 9 heteroatoms. The molecule has 32 heavy (non-hydrogen) atoms. The second kappa shape index (κ2) is 9.50. The lowest BCUT2D eigenvalue weighted by Gasteiger charge is -2.21. The van der Waals surface area contributed by atoms with Crippen molar-refractivity contribution in [3.8, 4) is 5.75 Å². The lowest BCUT2D eigenvalue weighted by molar-refractivity contribution is 0.414. The van der Waals surface area contributed by atoms with E-state index < -0.39 is 16.1 Å². The minimum atomic E-state index is -3.83. The highest BCUT2D eigenvalue weighted by atomic mass is 35.5. The first kappa shape index (κ1) is 22.6. The number of ether oxygens (including phenoxy) is 1. The van der Waals surface area contributed by atoms with Gasteiger partial charge in [-0.15, -0.1) is 0 Å². The van der Waals surface area contributed by atoms with Gasteiger partial charge in [-0.1, -0.05) is 59.6 Å². The van der Waals surface area contributed by atoms with Crippen molar-refractivity contribution in [2.45, 2.75) is 23.4 Å². The van der Waals surface area contributed by atoms with Gasteiger partial charge in [0.1, 0.15) is 5.75 Å². The summed E-state index contributed by atoms with van der Waals surface area (Å²) in [6.45, 7) is 0. The van der Waals surface area contributed by atoms with Crippen molar-refractivity contribution < 1.29 is 13.2 Å². The van der Waals surface area contributed by atoms with Crippen LogP contribution in [0.3, 0.4) is 0 Å². The van der Waals surface area contributed by atoms with Gasteiger partial charge in [0.25, 0.3) is 0 Å².